The van der Waals surface area contributed by atoms with Gasteiger partial charge in [-0.2, -0.15) is 0 Å². The SMILES string of the molecule is O=C(C(CO)c1ccccc1)N1CCC(n2c(C3CCC3)nc3cc(F)ccc32)CC1. The number of benzene rings is 2. The van der Waals surface area contributed by atoms with Crippen LogP contribution in [0, 0.1) is 5.82 Å². The Morgan fingerprint density at radius 2 is 1.84 bits per heavy atom. The molecule has 31 heavy (non-hydrogen) atoms. The summed E-state index contributed by atoms with van der Waals surface area (Å²) in [5.41, 5.74) is 2.57. The third-order valence-electron chi connectivity index (χ3n) is 6.97. The van der Waals surface area contributed by atoms with Gasteiger partial charge in [-0.15, -0.1) is 0 Å². The fraction of sp³-hybridized carbons (Fsp3) is 0.440. The quantitative estimate of drug-likeness (QED) is 0.665. The van der Waals surface area contributed by atoms with Crippen LogP contribution in [0.5, 0.6) is 0 Å². The number of halogens is 1. The molecule has 1 atom stereocenters. The summed E-state index contributed by atoms with van der Waals surface area (Å²) in [7, 11) is 0. The summed E-state index contributed by atoms with van der Waals surface area (Å²) in [6, 6.07) is 14.6. The zero-order valence-electron chi connectivity index (χ0n) is 17.6. The van der Waals surface area contributed by atoms with Gasteiger partial charge in [0.1, 0.15) is 11.6 Å². The average Bonchev–Trinajstić information content (AvgIpc) is 3.11. The lowest BCUT2D eigenvalue weighted by molar-refractivity contribution is -0.135. The third kappa shape index (κ3) is 3.74. The number of aliphatic hydroxyl groups excluding tert-OH is 1. The number of carbonyl (C=O) groups is 1. The summed E-state index contributed by atoms with van der Waals surface area (Å²) in [6.07, 6.45) is 5.16. The summed E-state index contributed by atoms with van der Waals surface area (Å²) < 4.78 is 16.1. The van der Waals surface area contributed by atoms with E-state index in [1.807, 2.05) is 41.3 Å². The molecule has 1 amide bonds. The van der Waals surface area contributed by atoms with Crippen LogP contribution in [0.3, 0.4) is 0 Å². The molecule has 162 valence electrons. The molecule has 1 aliphatic carbocycles. The Kier molecular flexibility index (Phi) is 5.48. The van der Waals surface area contributed by atoms with Crippen molar-refractivity contribution in [3.63, 3.8) is 0 Å². The predicted octanol–water partition coefficient (Wildman–Crippen LogP) is 4.38. The monoisotopic (exact) mass is 421 g/mol. The van der Waals surface area contributed by atoms with Crippen LogP contribution in [-0.2, 0) is 4.79 Å². The number of hydrogen-bond donors (Lipinski definition) is 1. The first-order valence-corrected chi connectivity index (χ1v) is 11.3. The van der Waals surface area contributed by atoms with E-state index in [4.69, 9.17) is 4.98 Å². The maximum Gasteiger partial charge on any atom is 0.232 e. The normalized spacial score (nSPS) is 18.8. The Morgan fingerprint density at radius 1 is 1.10 bits per heavy atom. The van der Waals surface area contributed by atoms with Crippen LogP contribution in [0.15, 0.2) is 48.5 Å². The van der Waals surface area contributed by atoms with E-state index >= 15 is 0 Å². The van der Waals surface area contributed by atoms with Gasteiger partial charge in [-0.25, -0.2) is 9.37 Å². The molecule has 0 radical (unpaired) electrons. The highest BCUT2D eigenvalue weighted by Crippen LogP contribution is 2.40. The number of amides is 1. The second-order valence-corrected chi connectivity index (χ2v) is 8.80. The summed E-state index contributed by atoms with van der Waals surface area (Å²) in [5, 5.41) is 9.86. The topological polar surface area (TPSA) is 58.4 Å². The number of rotatable bonds is 5. The molecule has 2 heterocycles. The zero-order chi connectivity index (χ0) is 21.4. The first kappa shape index (κ1) is 20.2. The fourth-order valence-electron chi connectivity index (χ4n) is 5.00. The standard InChI is InChI=1S/C25H28FN3O2/c26-19-9-10-23-22(15-19)27-24(18-7-4-8-18)29(23)20-11-13-28(14-12-20)25(31)21(16-30)17-5-2-1-3-6-17/h1-3,5-6,9-10,15,18,20-21,30H,4,7-8,11-14,16H2. The highest BCUT2D eigenvalue weighted by molar-refractivity contribution is 5.84. The van der Waals surface area contributed by atoms with Crippen LogP contribution in [0.1, 0.15) is 61.4 Å². The van der Waals surface area contributed by atoms with Crippen molar-refractivity contribution in [2.24, 2.45) is 0 Å². The molecule has 2 fully saturated rings. The summed E-state index contributed by atoms with van der Waals surface area (Å²) in [5.74, 6) is 0.749. The minimum absolute atomic E-state index is 0.0103. The van der Waals surface area contributed by atoms with E-state index in [9.17, 15) is 14.3 Å². The van der Waals surface area contributed by atoms with Crippen LogP contribution in [0.25, 0.3) is 11.0 Å². The number of nitrogens with zero attached hydrogens (tertiary/aromatic N) is 3. The summed E-state index contributed by atoms with van der Waals surface area (Å²) in [4.78, 5) is 19.8. The molecule has 5 nitrogen and oxygen atoms in total. The maximum atomic E-state index is 13.8. The van der Waals surface area contributed by atoms with Crippen molar-refractivity contribution in [1.29, 1.82) is 0 Å². The molecule has 0 spiro atoms. The Balaban J connectivity index is 1.36. The van der Waals surface area contributed by atoms with E-state index in [2.05, 4.69) is 4.57 Å². The highest BCUT2D eigenvalue weighted by Gasteiger charge is 2.33. The van der Waals surface area contributed by atoms with Gasteiger partial charge in [0, 0.05) is 31.1 Å². The number of fused-ring (bicyclic) bond motifs is 1. The minimum atomic E-state index is -0.514. The number of likely N-dealkylation sites (tertiary alicyclic amines) is 1. The Bertz CT molecular complexity index is 1070. The minimum Gasteiger partial charge on any atom is -0.395 e. The fourth-order valence-corrected chi connectivity index (χ4v) is 5.00. The number of aromatic nitrogens is 2. The van der Waals surface area contributed by atoms with E-state index in [1.54, 1.807) is 0 Å². The molecule has 1 aromatic heterocycles. The molecule has 1 unspecified atom stereocenters. The second kappa shape index (κ2) is 8.42. The van der Waals surface area contributed by atoms with Crippen LogP contribution < -0.4 is 0 Å². The van der Waals surface area contributed by atoms with Gasteiger partial charge >= 0.3 is 0 Å². The van der Waals surface area contributed by atoms with Crippen molar-refractivity contribution >= 4 is 16.9 Å². The van der Waals surface area contributed by atoms with Gasteiger partial charge < -0.3 is 14.6 Å². The summed E-state index contributed by atoms with van der Waals surface area (Å²) >= 11 is 0. The van der Waals surface area contributed by atoms with E-state index in [-0.39, 0.29) is 24.4 Å². The molecular formula is C25H28FN3O2. The van der Waals surface area contributed by atoms with Gasteiger partial charge in [0.05, 0.1) is 23.6 Å². The molecule has 0 bridgehead atoms. The molecule has 5 rings (SSSR count). The zero-order valence-corrected chi connectivity index (χ0v) is 17.6. The first-order valence-electron chi connectivity index (χ1n) is 11.3. The third-order valence-corrected chi connectivity index (χ3v) is 6.97. The van der Waals surface area contributed by atoms with Gasteiger partial charge in [-0.1, -0.05) is 36.8 Å². The molecule has 1 saturated carbocycles. The predicted molar refractivity (Wildman–Crippen MR) is 117 cm³/mol. The van der Waals surface area contributed by atoms with E-state index < -0.39 is 5.92 Å². The number of imidazole rings is 1. The van der Waals surface area contributed by atoms with Crippen LogP contribution in [0.2, 0.25) is 0 Å². The Hall–Kier alpha value is -2.73. The smallest absolute Gasteiger partial charge is 0.232 e. The van der Waals surface area contributed by atoms with Crippen molar-refractivity contribution in [2.45, 2.75) is 50.0 Å². The number of carbonyl (C=O) groups excluding carboxylic acids is 1. The molecule has 6 heteroatoms. The lowest BCUT2D eigenvalue weighted by atomic mass is 9.84. The van der Waals surface area contributed by atoms with Crippen LogP contribution in [-0.4, -0.2) is 45.2 Å². The van der Waals surface area contributed by atoms with Crippen molar-refractivity contribution < 1.29 is 14.3 Å². The van der Waals surface area contributed by atoms with Crippen molar-refractivity contribution in [2.75, 3.05) is 19.7 Å². The van der Waals surface area contributed by atoms with Gasteiger partial charge in [0.25, 0.3) is 0 Å². The number of aliphatic hydroxyl groups is 1. The largest absolute Gasteiger partial charge is 0.395 e. The molecule has 2 aromatic carbocycles. The molecular weight excluding hydrogens is 393 g/mol. The van der Waals surface area contributed by atoms with Gasteiger partial charge in [-0.05, 0) is 43.4 Å². The number of piperidine rings is 1. The lowest BCUT2D eigenvalue weighted by Gasteiger charge is -2.36. The van der Waals surface area contributed by atoms with E-state index in [1.165, 1.54) is 18.6 Å². The van der Waals surface area contributed by atoms with Crippen LogP contribution >= 0.6 is 0 Å². The molecule has 1 N–H and O–H groups in total. The maximum absolute atomic E-state index is 13.8. The summed E-state index contributed by atoms with van der Waals surface area (Å²) in [6.45, 7) is 1.11. The molecule has 1 aliphatic heterocycles. The van der Waals surface area contributed by atoms with E-state index in [0.29, 0.717) is 19.0 Å². The van der Waals surface area contributed by atoms with Crippen molar-refractivity contribution in [3.05, 3.63) is 65.7 Å². The van der Waals surface area contributed by atoms with Gasteiger partial charge in [-0.3, -0.25) is 4.79 Å². The van der Waals surface area contributed by atoms with Crippen LogP contribution in [0.4, 0.5) is 4.39 Å². The van der Waals surface area contributed by atoms with Gasteiger partial charge in [0.15, 0.2) is 0 Å². The Morgan fingerprint density at radius 3 is 2.48 bits per heavy atom. The highest BCUT2D eigenvalue weighted by atomic mass is 19.1. The molecule has 1 saturated heterocycles. The Labute approximate surface area is 181 Å². The van der Waals surface area contributed by atoms with E-state index in [0.717, 1.165) is 48.1 Å². The second-order valence-electron chi connectivity index (χ2n) is 8.80. The molecule has 2 aliphatic rings. The van der Waals surface area contributed by atoms with Crippen molar-refractivity contribution in [3.8, 4) is 0 Å². The van der Waals surface area contributed by atoms with Crippen molar-refractivity contribution in [1.82, 2.24) is 14.5 Å². The number of hydrogen-bond acceptors (Lipinski definition) is 3. The molecule has 3 aromatic rings. The van der Waals surface area contributed by atoms with Gasteiger partial charge in [0.2, 0.25) is 5.91 Å². The lowest BCUT2D eigenvalue weighted by Crippen LogP contribution is -2.42. The average molecular weight is 422 g/mol. The first-order chi connectivity index (χ1) is 15.2.